The molecule has 0 saturated heterocycles. The number of aromatic nitrogens is 6. The van der Waals surface area contributed by atoms with Crippen molar-refractivity contribution in [1.82, 2.24) is 29.5 Å². The Morgan fingerprint density at radius 2 is 2.00 bits per heavy atom. The first-order valence-electron chi connectivity index (χ1n) is 8.28. The van der Waals surface area contributed by atoms with Gasteiger partial charge in [0, 0.05) is 29.6 Å². The fourth-order valence-corrected chi connectivity index (χ4v) is 2.84. The summed E-state index contributed by atoms with van der Waals surface area (Å²) in [4.78, 5) is 29.4. The molecule has 1 amide bonds. The van der Waals surface area contributed by atoms with Crippen molar-refractivity contribution >= 4 is 17.5 Å². The molecular weight excluding hydrogens is 318 g/mol. The van der Waals surface area contributed by atoms with Crippen LogP contribution in [0.4, 0.5) is 5.82 Å². The SMILES string of the molecule is CCc1cc(NC(=O)CCc2c(C)nc3ncnn3c2C)nc(C)n1. The van der Waals surface area contributed by atoms with Gasteiger partial charge in [0.05, 0.1) is 0 Å². The number of carbonyl (C=O) groups excluding carboxylic acids is 1. The number of nitrogens with zero attached hydrogens (tertiary/aromatic N) is 6. The normalized spacial score (nSPS) is 11.0. The number of anilines is 1. The number of hydrogen-bond donors (Lipinski definition) is 1. The Kier molecular flexibility index (Phi) is 4.69. The van der Waals surface area contributed by atoms with E-state index in [1.807, 2.05) is 33.8 Å². The summed E-state index contributed by atoms with van der Waals surface area (Å²) >= 11 is 0. The molecule has 3 heterocycles. The van der Waals surface area contributed by atoms with Gasteiger partial charge in [-0.3, -0.25) is 4.79 Å². The van der Waals surface area contributed by atoms with E-state index in [0.717, 1.165) is 29.1 Å². The van der Waals surface area contributed by atoms with Crippen LogP contribution in [0.3, 0.4) is 0 Å². The summed E-state index contributed by atoms with van der Waals surface area (Å²) in [5.74, 6) is 1.69. The number of carbonyl (C=O) groups is 1. The van der Waals surface area contributed by atoms with E-state index in [4.69, 9.17) is 0 Å². The molecule has 0 bridgehead atoms. The Morgan fingerprint density at radius 3 is 2.76 bits per heavy atom. The highest BCUT2D eigenvalue weighted by atomic mass is 16.1. The number of nitrogens with one attached hydrogen (secondary N) is 1. The Balaban J connectivity index is 1.71. The molecule has 0 saturated carbocycles. The van der Waals surface area contributed by atoms with E-state index in [0.29, 0.717) is 30.3 Å². The quantitative estimate of drug-likeness (QED) is 0.763. The Bertz CT molecular complexity index is 932. The molecule has 25 heavy (non-hydrogen) atoms. The van der Waals surface area contributed by atoms with Crippen molar-refractivity contribution in [3.05, 3.63) is 40.9 Å². The van der Waals surface area contributed by atoms with E-state index in [9.17, 15) is 4.79 Å². The van der Waals surface area contributed by atoms with Gasteiger partial charge in [-0.15, -0.1) is 0 Å². The molecule has 0 aliphatic carbocycles. The number of aryl methyl sites for hydroxylation is 4. The van der Waals surface area contributed by atoms with Crippen LogP contribution in [0, 0.1) is 20.8 Å². The van der Waals surface area contributed by atoms with Gasteiger partial charge in [0.2, 0.25) is 5.91 Å². The molecule has 0 radical (unpaired) electrons. The number of hydrogen-bond acceptors (Lipinski definition) is 6. The summed E-state index contributed by atoms with van der Waals surface area (Å²) < 4.78 is 1.70. The van der Waals surface area contributed by atoms with Gasteiger partial charge in [-0.1, -0.05) is 6.92 Å². The van der Waals surface area contributed by atoms with Crippen molar-refractivity contribution in [1.29, 1.82) is 0 Å². The van der Waals surface area contributed by atoms with E-state index < -0.39 is 0 Å². The van der Waals surface area contributed by atoms with Gasteiger partial charge in [0.25, 0.3) is 5.78 Å². The Labute approximate surface area is 145 Å². The molecular formula is C17H21N7O. The van der Waals surface area contributed by atoms with Crippen molar-refractivity contribution in [3.63, 3.8) is 0 Å². The first kappa shape index (κ1) is 16.9. The van der Waals surface area contributed by atoms with Crippen LogP contribution in [0.5, 0.6) is 0 Å². The summed E-state index contributed by atoms with van der Waals surface area (Å²) in [7, 11) is 0. The lowest BCUT2D eigenvalue weighted by molar-refractivity contribution is -0.116. The maximum Gasteiger partial charge on any atom is 0.252 e. The highest BCUT2D eigenvalue weighted by Crippen LogP contribution is 2.15. The molecule has 0 atom stereocenters. The zero-order valence-corrected chi connectivity index (χ0v) is 14.9. The molecule has 0 aromatic carbocycles. The van der Waals surface area contributed by atoms with Gasteiger partial charge >= 0.3 is 0 Å². The van der Waals surface area contributed by atoms with Crippen LogP contribution in [0.2, 0.25) is 0 Å². The predicted octanol–water partition coefficient (Wildman–Crippen LogP) is 1.97. The smallest absolute Gasteiger partial charge is 0.252 e. The third-order valence-electron chi connectivity index (χ3n) is 4.11. The highest BCUT2D eigenvalue weighted by Gasteiger charge is 2.13. The molecule has 8 nitrogen and oxygen atoms in total. The van der Waals surface area contributed by atoms with Crippen LogP contribution in [-0.2, 0) is 17.6 Å². The van der Waals surface area contributed by atoms with Crippen molar-refractivity contribution in [2.24, 2.45) is 0 Å². The maximum atomic E-state index is 12.3. The minimum absolute atomic E-state index is 0.0855. The largest absolute Gasteiger partial charge is 0.311 e. The molecule has 1 N–H and O–H groups in total. The standard InChI is InChI=1S/C17H21N7O/c1-5-13-8-15(22-12(4)21-13)23-16(25)7-6-14-10(2)20-17-18-9-19-24(17)11(14)3/h8-9H,5-7H2,1-4H3,(H,21,22,23,25). The van der Waals surface area contributed by atoms with Crippen molar-refractivity contribution in [3.8, 4) is 0 Å². The van der Waals surface area contributed by atoms with Crippen molar-refractivity contribution in [2.75, 3.05) is 5.32 Å². The maximum absolute atomic E-state index is 12.3. The summed E-state index contributed by atoms with van der Waals surface area (Å²) in [5.41, 5.74) is 3.76. The molecule has 0 spiro atoms. The fourth-order valence-electron chi connectivity index (χ4n) is 2.84. The molecule has 3 rings (SSSR count). The van der Waals surface area contributed by atoms with Crippen LogP contribution in [0.15, 0.2) is 12.4 Å². The lowest BCUT2D eigenvalue weighted by Crippen LogP contribution is -2.16. The second kappa shape index (κ2) is 6.92. The molecule has 0 fully saturated rings. The molecule has 3 aromatic heterocycles. The van der Waals surface area contributed by atoms with E-state index in [2.05, 4.69) is 30.4 Å². The van der Waals surface area contributed by atoms with Gasteiger partial charge in [-0.05, 0) is 39.2 Å². The predicted molar refractivity (Wildman–Crippen MR) is 93.4 cm³/mol. The minimum Gasteiger partial charge on any atom is -0.311 e. The third-order valence-corrected chi connectivity index (χ3v) is 4.11. The monoisotopic (exact) mass is 339 g/mol. The number of amides is 1. The molecule has 8 heteroatoms. The zero-order valence-electron chi connectivity index (χ0n) is 14.9. The van der Waals surface area contributed by atoms with E-state index >= 15 is 0 Å². The summed E-state index contributed by atoms with van der Waals surface area (Å²) in [6, 6.07) is 1.81. The van der Waals surface area contributed by atoms with Gasteiger partial charge in [-0.25, -0.2) is 19.5 Å². The average Bonchev–Trinajstić information content (AvgIpc) is 3.02. The Hall–Kier alpha value is -2.90. The number of fused-ring (bicyclic) bond motifs is 1. The molecule has 0 aliphatic heterocycles. The molecule has 0 unspecified atom stereocenters. The molecule has 3 aromatic rings. The summed E-state index contributed by atoms with van der Waals surface area (Å²) in [6.45, 7) is 7.73. The van der Waals surface area contributed by atoms with Crippen molar-refractivity contribution in [2.45, 2.75) is 47.0 Å². The highest BCUT2D eigenvalue weighted by molar-refractivity contribution is 5.89. The van der Waals surface area contributed by atoms with Gasteiger partial charge in [0.1, 0.15) is 18.0 Å². The third kappa shape index (κ3) is 3.62. The first-order chi connectivity index (χ1) is 12.0. The Morgan fingerprint density at radius 1 is 1.20 bits per heavy atom. The van der Waals surface area contributed by atoms with E-state index in [1.165, 1.54) is 6.33 Å². The molecule has 130 valence electrons. The first-order valence-corrected chi connectivity index (χ1v) is 8.28. The summed E-state index contributed by atoms with van der Waals surface area (Å²) in [5, 5.41) is 7.02. The second-order valence-corrected chi connectivity index (χ2v) is 5.93. The second-order valence-electron chi connectivity index (χ2n) is 5.93. The van der Waals surface area contributed by atoms with Crippen LogP contribution in [0.25, 0.3) is 5.78 Å². The lowest BCUT2D eigenvalue weighted by atomic mass is 10.1. The van der Waals surface area contributed by atoms with Crippen LogP contribution < -0.4 is 5.32 Å². The van der Waals surface area contributed by atoms with E-state index in [-0.39, 0.29) is 5.91 Å². The van der Waals surface area contributed by atoms with Crippen LogP contribution in [-0.4, -0.2) is 35.5 Å². The molecule has 0 aliphatic rings. The van der Waals surface area contributed by atoms with Crippen LogP contribution >= 0.6 is 0 Å². The van der Waals surface area contributed by atoms with Gasteiger partial charge in [0.15, 0.2) is 0 Å². The van der Waals surface area contributed by atoms with Crippen LogP contribution in [0.1, 0.15) is 41.8 Å². The number of rotatable bonds is 5. The topological polar surface area (TPSA) is 98.0 Å². The summed E-state index contributed by atoms with van der Waals surface area (Å²) in [6.07, 6.45) is 3.20. The minimum atomic E-state index is -0.0855. The van der Waals surface area contributed by atoms with Gasteiger partial charge < -0.3 is 5.32 Å². The zero-order chi connectivity index (χ0) is 18.0. The lowest BCUT2D eigenvalue weighted by Gasteiger charge is -2.11. The van der Waals surface area contributed by atoms with E-state index in [1.54, 1.807) is 4.52 Å². The average molecular weight is 339 g/mol. The van der Waals surface area contributed by atoms with Gasteiger partial charge in [-0.2, -0.15) is 10.1 Å². The van der Waals surface area contributed by atoms with Crippen molar-refractivity contribution < 1.29 is 4.79 Å². The fraction of sp³-hybridized carbons (Fsp3) is 0.412.